The van der Waals surface area contributed by atoms with E-state index in [4.69, 9.17) is 5.11 Å². The van der Waals surface area contributed by atoms with E-state index in [0.717, 1.165) is 17.7 Å². The van der Waals surface area contributed by atoms with Gasteiger partial charge < -0.3 is 10.4 Å². The summed E-state index contributed by atoms with van der Waals surface area (Å²) in [6.45, 7) is 0.0283. The standard InChI is InChI=1S/C12H16N2O5/c15-8(13-11(12(18)19)7-1-2-7)5-6-14-9(16)3-4-10(14)17/h7,11H,1-6H2,(H,13,15)(H,18,19). The number of likely N-dealkylation sites (tertiary alicyclic amines) is 1. The number of carbonyl (C=O) groups excluding carboxylic acids is 3. The van der Waals surface area contributed by atoms with Crippen LogP contribution in [0, 0.1) is 5.92 Å². The molecule has 1 aliphatic carbocycles. The summed E-state index contributed by atoms with van der Waals surface area (Å²) in [6, 6.07) is -0.850. The summed E-state index contributed by atoms with van der Waals surface area (Å²) in [5, 5.41) is 11.4. The molecule has 1 aliphatic heterocycles. The van der Waals surface area contributed by atoms with Crippen molar-refractivity contribution in [3.05, 3.63) is 0 Å². The lowest BCUT2D eigenvalue weighted by molar-refractivity contribution is -0.143. The monoisotopic (exact) mass is 268 g/mol. The normalized spacial score (nSPS) is 20.5. The van der Waals surface area contributed by atoms with E-state index in [1.165, 1.54) is 0 Å². The highest BCUT2D eigenvalue weighted by Crippen LogP contribution is 2.32. The van der Waals surface area contributed by atoms with E-state index in [0.29, 0.717) is 0 Å². The molecule has 1 saturated heterocycles. The average molecular weight is 268 g/mol. The Morgan fingerprint density at radius 2 is 1.84 bits per heavy atom. The second-order valence-electron chi connectivity index (χ2n) is 4.91. The molecule has 3 amide bonds. The molecule has 2 aliphatic rings. The number of carboxylic acids is 1. The lowest BCUT2D eigenvalue weighted by atomic mass is 10.2. The topological polar surface area (TPSA) is 104 Å². The molecule has 0 aromatic heterocycles. The fourth-order valence-corrected chi connectivity index (χ4v) is 2.14. The van der Waals surface area contributed by atoms with Crippen molar-refractivity contribution < 1.29 is 24.3 Å². The van der Waals surface area contributed by atoms with Crippen molar-refractivity contribution in [1.82, 2.24) is 10.2 Å². The van der Waals surface area contributed by atoms with Crippen LogP contribution in [-0.2, 0) is 19.2 Å². The van der Waals surface area contributed by atoms with Crippen LogP contribution in [-0.4, -0.2) is 46.3 Å². The first-order chi connectivity index (χ1) is 8.99. The molecule has 1 saturated carbocycles. The second-order valence-corrected chi connectivity index (χ2v) is 4.91. The molecule has 0 radical (unpaired) electrons. The third-order valence-corrected chi connectivity index (χ3v) is 3.39. The molecule has 0 aromatic rings. The van der Waals surface area contributed by atoms with Crippen molar-refractivity contribution in [3.63, 3.8) is 0 Å². The number of rotatable bonds is 6. The van der Waals surface area contributed by atoms with Gasteiger partial charge in [-0.2, -0.15) is 0 Å². The summed E-state index contributed by atoms with van der Waals surface area (Å²) in [6.07, 6.45) is 1.95. The van der Waals surface area contributed by atoms with E-state index in [2.05, 4.69) is 5.32 Å². The maximum atomic E-state index is 11.6. The molecular formula is C12H16N2O5. The molecule has 0 spiro atoms. The minimum Gasteiger partial charge on any atom is -0.480 e. The Balaban J connectivity index is 1.79. The SMILES string of the molecule is O=C(CCN1C(=O)CCC1=O)NC(C(=O)O)C1CC1. The van der Waals surface area contributed by atoms with Gasteiger partial charge in [0.15, 0.2) is 0 Å². The lowest BCUT2D eigenvalue weighted by Gasteiger charge is -2.16. The Labute approximate surface area is 109 Å². The van der Waals surface area contributed by atoms with Crippen LogP contribution in [0.25, 0.3) is 0 Å². The van der Waals surface area contributed by atoms with Gasteiger partial charge in [0.05, 0.1) is 0 Å². The number of imide groups is 1. The van der Waals surface area contributed by atoms with Crippen molar-refractivity contribution in [2.45, 2.75) is 38.1 Å². The summed E-state index contributed by atoms with van der Waals surface area (Å²) >= 11 is 0. The van der Waals surface area contributed by atoms with E-state index in [1.807, 2.05) is 0 Å². The maximum absolute atomic E-state index is 11.6. The molecule has 0 aromatic carbocycles. The van der Waals surface area contributed by atoms with Crippen molar-refractivity contribution in [2.24, 2.45) is 5.92 Å². The zero-order chi connectivity index (χ0) is 14.0. The summed E-state index contributed by atoms with van der Waals surface area (Å²) in [7, 11) is 0. The fourth-order valence-electron chi connectivity index (χ4n) is 2.14. The predicted molar refractivity (Wildman–Crippen MR) is 62.9 cm³/mol. The van der Waals surface area contributed by atoms with E-state index >= 15 is 0 Å². The van der Waals surface area contributed by atoms with Gasteiger partial charge in [-0.1, -0.05) is 0 Å². The molecule has 2 rings (SSSR count). The quantitative estimate of drug-likeness (QED) is 0.632. The molecule has 0 bridgehead atoms. The Kier molecular flexibility index (Phi) is 3.82. The van der Waals surface area contributed by atoms with Gasteiger partial charge in [-0.15, -0.1) is 0 Å². The number of amides is 3. The van der Waals surface area contributed by atoms with Gasteiger partial charge in [0.2, 0.25) is 17.7 Å². The second kappa shape index (κ2) is 5.38. The Morgan fingerprint density at radius 3 is 2.32 bits per heavy atom. The number of nitrogens with zero attached hydrogens (tertiary/aromatic N) is 1. The van der Waals surface area contributed by atoms with E-state index in [-0.39, 0.29) is 43.5 Å². The number of carboxylic acid groups (broad SMARTS) is 1. The van der Waals surface area contributed by atoms with Gasteiger partial charge in [-0.05, 0) is 18.8 Å². The van der Waals surface area contributed by atoms with Gasteiger partial charge in [0.25, 0.3) is 0 Å². The van der Waals surface area contributed by atoms with Gasteiger partial charge in [0.1, 0.15) is 6.04 Å². The van der Waals surface area contributed by atoms with Crippen LogP contribution in [0.1, 0.15) is 32.1 Å². The summed E-state index contributed by atoms with van der Waals surface area (Å²) in [5.74, 6) is -2.00. The van der Waals surface area contributed by atoms with E-state index in [1.54, 1.807) is 0 Å². The number of nitrogens with one attached hydrogen (secondary N) is 1. The van der Waals surface area contributed by atoms with Gasteiger partial charge in [-0.3, -0.25) is 19.3 Å². The summed E-state index contributed by atoms with van der Waals surface area (Å²) < 4.78 is 0. The highest BCUT2D eigenvalue weighted by Gasteiger charge is 2.37. The van der Waals surface area contributed by atoms with Crippen LogP contribution in [0.2, 0.25) is 0 Å². The highest BCUT2D eigenvalue weighted by atomic mass is 16.4. The van der Waals surface area contributed by atoms with Crippen molar-refractivity contribution >= 4 is 23.7 Å². The minimum absolute atomic E-state index is 0.0106. The van der Waals surface area contributed by atoms with E-state index in [9.17, 15) is 19.2 Å². The fraction of sp³-hybridized carbons (Fsp3) is 0.667. The van der Waals surface area contributed by atoms with Crippen LogP contribution < -0.4 is 5.32 Å². The maximum Gasteiger partial charge on any atom is 0.326 e. The first-order valence-electron chi connectivity index (χ1n) is 6.34. The third kappa shape index (κ3) is 3.30. The van der Waals surface area contributed by atoms with Crippen LogP contribution in [0.5, 0.6) is 0 Å². The molecular weight excluding hydrogens is 252 g/mol. The predicted octanol–water partition coefficient (Wildman–Crippen LogP) is -0.495. The number of hydrogen-bond donors (Lipinski definition) is 2. The molecule has 104 valence electrons. The highest BCUT2D eigenvalue weighted by molar-refractivity contribution is 6.02. The molecule has 19 heavy (non-hydrogen) atoms. The zero-order valence-corrected chi connectivity index (χ0v) is 10.4. The average Bonchev–Trinajstić information content (AvgIpc) is 3.12. The van der Waals surface area contributed by atoms with Crippen LogP contribution >= 0.6 is 0 Å². The smallest absolute Gasteiger partial charge is 0.326 e. The van der Waals surface area contributed by atoms with Crippen molar-refractivity contribution in [1.29, 1.82) is 0 Å². The number of aliphatic carboxylic acids is 1. The van der Waals surface area contributed by atoms with Crippen LogP contribution in [0.4, 0.5) is 0 Å². The lowest BCUT2D eigenvalue weighted by Crippen LogP contribution is -2.43. The Bertz CT molecular complexity index is 414. The summed E-state index contributed by atoms with van der Waals surface area (Å²) in [4.78, 5) is 46.3. The molecule has 1 atom stereocenters. The first kappa shape index (κ1) is 13.5. The molecule has 1 heterocycles. The molecule has 7 heteroatoms. The van der Waals surface area contributed by atoms with Gasteiger partial charge >= 0.3 is 5.97 Å². The Hall–Kier alpha value is -1.92. The molecule has 1 unspecified atom stereocenters. The van der Waals surface area contributed by atoms with Crippen molar-refractivity contribution in [3.8, 4) is 0 Å². The van der Waals surface area contributed by atoms with Crippen LogP contribution in [0.3, 0.4) is 0 Å². The first-order valence-corrected chi connectivity index (χ1v) is 6.34. The number of carbonyl (C=O) groups is 4. The van der Waals surface area contributed by atoms with Gasteiger partial charge in [0, 0.05) is 25.8 Å². The van der Waals surface area contributed by atoms with Crippen LogP contribution in [0.15, 0.2) is 0 Å². The van der Waals surface area contributed by atoms with Crippen molar-refractivity contribution in [2.75, 3.05) is 6.54 Å². The van der Waals surface area contributed by atoms with Gasteiger partial charge in [-0.25, -0.2) is 4.79 Å². The number of hydrogen-bond acceptors (Lipinski definition) is 4. The molecule has 2 fully saturated rings. The Morgan fingerprint density at radius 1 is 1.26 bits per heavy atom. The zero-order valence-electron chi connectivity index (χ0n) is 10.4. The summed E-state index contributed by atoms with van der Waals surface area (Å²) in [5.41, 5.74) is 0. The molecule has 2 N–H and O–H groups in total. The van der Waals surface area contributed by atoms with E-state index < -0.39 is 17.9 Å². The third-order valence-electron chi connectivity index (χ3n) is 3.39. The molecule has 7 nitrogen and oxygen atoms in total. The minimum atomic E-state index is -1.04. The largest absolute Gasteiger partial charge is 0.480 e.